The number of fused-ring (bicyclic) bond motifs is 3. The van der Waals surface area contributed by atoms with Gasteiger partial charge in [0, 0.05) is 17.8 Å². The van der Waals surface area contributed by atoms with Gasteiger partial charge >= 0.3 is 0 Å². The molecule has 0 N–H and O–H groups in total. The van der Waals surface area contributed by atoms with Crippen LogP contribution in [-0.4, -0.2) is 19.2 Å². The van der Waals surface area contributed by atoms with Crippen LogP contribution in [0.15, 0.2) is 200 Å². The first kappa shape index (κ1) is 87.8. The van der Waals surface area contributed by atoms with Crippen LogP contribution in [0.2, 0.25) is 0 Å². The summed E-state index contributed by atoms with van der Waals surface area (Å²) in [6, 6.07) is 67.0. The first-order chi connectivity index (χ1) is 46.3. The number of hydrogen-bond acceptors (Lipinski definition) is 3. The number of aromatic nitrogens is 1. The van der Waals surface area contributed by atoms with Crippen LogP contribution >= 0.6 is 0 Å². The molecule has 0 aliphatic heterocycles. The maximum atomic E-state index is 5.13. The zero-order valence-electron chi connectivity index (χ0n) is 65.9. The van der Waals surface area contributed by atoms with Gasteiger partial charge in [0.1, 0.15) is 11.5 Å². The zero-order valence-corrected chi connectivity index (χ0v) is 65.9. The molecule has 0 unspecified atom stereocenters. The summed E-state index contributed by atoms with van der Waals surface area (Å²) in [5, 5.41) is 8.08. The molecule has 11 rings (SSSR count). The van der Waals surface area contributed by atoms with Crippen molar-refractivity contribution in [2.75, 3.05) is 14.2 Å². The maximum absolute atomic E-state index is 5.13. The van der Waals surface area contributed by atoms with Crippen molar-refractivity contribution in [3.05, 3.63) is 301 Å². The van der Waals surface area contributed by atoms with Gasteiger partial charge in [-0.25, -0.2) is 0 Å². The molecule has 3 nitrogen and oxygen atoms in total. The molecule has 0 saturated heterocycles. The molecule has 10 aromatic carbocycles. The highest BCUT2D eigenvalue weighted by atomic mass is 16.5. The van der Waals surface area contributed by atoms with Crippen molar-refractivity contribution in [2.24, 2.45) is 0 Å². The van der Waals surface area contributed by atoms with Crippen molar-refractivity contribution in [3.8, 4) is 11.5 Å². The first-order valence-electron chi connectivity index (χ1n) is 36.1. The van der Waals surface area contributed by atoms with E-state index in [1.165, 1.54) is 132 Å². The summed E-state index contributed by atoms with van der Waals surface area (Å²) in [7, 11) is 3.40. The third kappa shape index (κ3) is 27.0. The van der Waals surface area contributed by atoms with E-state index in [0.29, 0.717) is 47.3 Å². The van der Waals surface area contributed by atoms with Crippen molar-refractivity contribution >= 4 is 32.3 Å². The predicted octanol–water partition coefficient (Wildman–Crippen LogP) is 29.7. The van der Waals surface area contributed by atoms with Gasteiger partial charge in [0.15, 0.2) is 0 Å². The average molecular weight is 1350 g/mol. The standard InChI is InChI=1S/C14H16.C13H14.C12H13N.C12H18.2C11H16O.2C11H16.2CH4/c1-10(2)12-9-8-11(3)13-6-4-5-7-14(12)13;1-10(2)12-9-5-7-11-6-3-4-8-13(11)12;1-9(2)12-8-13-7-10-5-3-4-6-11(10)12;1-8(2)12-7-10(4)9(3)6-11(12)5;2*1-8(2)11-6-5-10(12-4)7-9(11)3;2*1-8(2)11-7-9(3)5-6-10(11)4;;/h4-10H,1-3H3;3-10H,1-2H3;3-9H,1-2H3;6-8H,1-5H3;2*5-8H,1-4H3;2*5-8H,1-4H3;2*1H4. The highest BCUT2D eigenvalue weighted by molar-refractivity contribution is 5.89. The van der Waals surface area contributed by atoms with Gasteiger partial charge in [-0.05, 0) is 257 Å². The summed E-state index contributed by atoms with van der Waals surface area (Å²) in [6.45, 7) is 57.2. The molecular formula is C97H133NO2. The lowest BCUT2D eigenvalue weighted by Crippen LogP contribution is -1.94. The summed E-state index contributed by atoms with van der Waals surface area (Å²) in [6.07, 6.45) is 3.88. The van der Waals surface area contributed by atoms with Crippen LogP contribution in [0.1, 0.15) is 273 Å². The molecule has 0 saturated carbocycles. The van der Waals surface area contributed by atoms with Crippen LogP contribution in [-0.2, 0) is 0 Å². The number of ether oxygens (including phenoxy) is 2. The molecule has 1 aromatic heterocycles. The molecule has 100 heavy (non-hydrogen) atoms. The lowest BCUT2D eigenvalue weighted by Gasteiger charge is -2.12. The Morgan fingerprint density at radius 3 is 0.970 bits per heavy atom. The van der Waals surface area contributed by atoms with E-state index in [0.717, 1.165) is 11.5 Å². The van der Waals surface area contributed by atoms with E-state index in [1.54, 1.807) is 14.2 Å². The Balaban J connectivity index is 0.000000388. The minimum absolute atomic E-state index is 0. The molecule has 0 aliphatic rings. The predicted molar refractivity (Wildman–Crippen MR) is 448 cm³/mol. The van der Waals surface area contributed by atoms with E-state index in [4.69, 9.17) is 9.47 Å². The van der Waals surface area contributed by atoms with Gasteiger partial charge in [-0.1, -0.05) is 301 Å². The third-order valence-electron chi connectivity index (χ3n) is 18.4. The Hall–Kier alpha value is -8.27. The van der Waals surface area contributed by atoms with E-state index < -0.39 is 0 Å². The topological polar surface area (TPSA) is 31.4 Å². The molecule has 3 heteroatoms. The molecule has 538 valence electrons. The highest BCUT2D eigenvalue weighted by Crippen LogP contribution is 2.31. The van der Waals surface area contributed by atoms with Crippen molar-refractivity contribution < 1.29 is 9.47 Å². The second-order valence-corrected chi connectivity index (χ2v) is 29.2. The highest BCUT2D eigenvalue weighted by Gasteiger charge is 2.10. The number of rotatable bonds is 10. The Bertz CT molecular complexity index is 4000. The summed E-state index contributed by atoms with van der Waals surface area (Å²) in [5.41, 5.74) is 25.2. The molecule has 1 heterocycles. The second-order valence-electron chi connectivity index (χ2n) is 29.2. The smallest absolute Gasteiger partial charge is 0.119 e. The number of benzene rings is 10. The fourth-order valence-electron chi connectivity index (χ4n) is 12.5. The number of pyridine rings is 1. The van der Waals surface area contributed by atoms with Crippen LogP contribution in [0.4, 0.5) is 0 Å². The van der Waals surface area contributed by atoms with Gasteiger partial charge in [-0.2, -0.15) is 0 Å². The molecule has 0 bridgehead atoms. The quantitative estimate of drug-likeness (QED) is 0.137. The van der Waals surface area contributed by atoms with E-state index in [9.17, 15) is 0 Å². The minimum atomic E-state index is 0. The zero-order chi connectivity index (χ0) is 73.1. The summed E-state index contributed by atoms with van der Waals surface area (Å²) >= 11 is 0. The van der Waals surface area contributed by atoms with Gasteiger partial charge in [0.25, 0.3) is 0 Å². The van der Waals surface area contributed by atoms with Crippen molar-refractivity contribution in [1.29, 1.82) is 0 Å². The fourth-order valence-corrected chi connectivity index (χ4v) is 12.5. The molecule has 0 radical (unpaired) electrons. The Morgan fingerprint density at radius 2 is 0.560 bits per heavy atom. The van der Waals surface area contributed by atoms with Crippen LogP contribution in [0.5, 0.6) is 11.5 Å². The number of methoxy groups -OCH3 is 2. The largest absolute Gasteiger partial charge is 0.497 e. The van der Waals surface area contributed by atoms with E-state index >= 15 is 0 Å². The van der Waals surface area contributed by atoms with Crippen molar-refractivity contribution in [3.63, 3.8) is 0 Å². The van der Waals surface area contributed by atoms with Crippen molar-refractivity contribution in [2.45, 2.75) is 242 Å². The molecule has 0 aliphatic carbocycles. The minimum Gasteiger partial charge on any atom is -0.497 e. The third-order valence-corrected chi connectivity index (χ3v) is 18.4. The van der Waals surface area contributed by atoms with Gasteiger partial charge in [-0.3, -0.25) is 4.98 Å². The SMILES string of the molecule is C.C.CC(C)c1cccc2ccccc12.CC(C)c1cncc2ccccc12.COc1ccc(C(C)C)c(C)c1.COc1ccc(C(C)C)c(C)c1.Cc1cc(C)c(C(C)C)cc1C.Cc1ccc(C(C)C)c2ccccc12.Cc1ccc(C)c(C(C)C)c1.Cc1ccc(C)c(C(C)C)c1. The van der Waals surface area contributed by atoms with Gasteiger partial charge in [0.05, 0.1) is 14.2 Å². The fraction of sp³-hybridized carbons (Fsp3) is 0.392. The normalized spacial score (nSPS) is 10.6. The Labute approximate surface area is 611 Å². The number of hydrogen-bond donors (Lipinski definition) is 0. The molecule has 0 atom stereocenters. The lowest BCUT2D eigenvalue weighted by atomic mass is 9.94. The second kappa shape index (κ2) is 43.4. The summed E-state index contributed by atoms with van der Waals surface area (Å²) in [4.78, 5) is 4.23. The summed E-state index contributed by atoms with van der Waals surface area (Å²) in [5.74, 6) is 6.75. The molecule has 0 fully saturated rings. The number of aryl methyl sites for hydroxylation is 10. The first-order valence-corrected chi connectivity index (χ1v) is 36.1. The van der Waals surface area contributed by atoms with Gasteiger partial charge < -0.3 is 9.47 Å². The monoisotopic (exact) mass is 1340 g/mol. The van der Waals surface area contributed by atoms with Crippen LogP contribution in [0.25, 0.3) is 32.3 Å². The molecule has 11 aromatic rings. The Kier molecular flexibility index (Phi) is 38.1. The van der Waals surface area contributed by atoms with Gasteiger partial charge in [-0.15, -0.1) is 0 Å². The van der Waals surface area contributed by atoms with Crippen molar-refractivity contribution in [1.82, 2.24) is 4.98 Å². The van der Waals surface area contributed by atoms with Crippen LogP contribution in [0.3, 0.4) is 0 Å². The molecule has 0 amide bonds. The van der Waals surface area contributed by atoms with E-state index in [1.807, 2.05) is 30.6 Å². The van der Waals surface area contributed by atoms with Gasteiger partial charge in [0.2, 0.25) is 0 Å². The molecular weight excluding hydrogens is 1210 g/mol. The number of nitrogens with zero attached hydrogens (tertiary/aromatic N) is 1. The van der Waals surface area contributed by atoms with Crippen LogP contribution in [0, 0.1) is 69.2 Å². The Morgan fingerprint density at radius 1 is 0.230 bits per heavy atom. The average Bonchev–Trinajstić information content (AvgIpc) is 0.813. The van der Waals surface area contributed by atoms with E-state index in [2.05, 4.69) is 355 Å². The maximum Gasteiger partial charge on any atom is 0.119 e. The van der Waals surface area contributed by atoms with E-state index in [-0.39, 0.29) is 14.9 Å². The molecule has 0 spiro atoms. The lowest BCUT2D eigenvalue weighted by molar-refractivity contribution is 0.414. The van der Waals surface area contributed by atoms with Crippen LogP contribution < -0.4 is 9.47 Å². The summed E-state index contributed by atoms with van der Waals surface area (Å²) < 4.78 is 10.3.